The third-order valence-corrected chi connectivity index (χ3v) is 11.5. The Morgan fingerprint density at radius 2 is 1.92 bits per heavy atom. The molecule has 1 saturated carbocycles. The lowest BCUT2D eigenvalue weighted by Gasteiger charge is -2.45. The first kappa shape index (κ1) is 18.6. The van der Waals surface area contributed by atoms with Crippen LogP contribution in [0.5, 0.6) is 0 Å². The monoisotopic (exact) mass is 362 g/mol. The molecule has 0 aliphatic heterocycles. The Bertz CT molecular complexity index is 712. The molecule has 4 nitrogen and oxygen atoms in total. The van der Waals surface area contributed by atoms with Crippen LogP contribution < -0.4 is 0 Å². The molecule has 0 amide bonds. The molecule has 25 heavy (non-hydrogen) atoms. The van der Waals surface area contributed by atoms with Crippen LogP contribution in [-0.4, -0.2) is 19.9 Å². The van der Waals surface area contributed by atoms with Gasteiger partial charge in [0.05, 0.1) is 17.8 Å². The van der Waals surface area contributed by atoms with Crippen LogP contribution in [0, 0.1) is 17.3 Å². The molecule has 2 aliphatic carbocycles. The largest absolute Gasteiger partial charge is 0.461 e. The highest BCUT2D eigenvalue weighted by Gasteiger charge is 2.59. The third kappa shape index (κ3) is 2.58. The summed E-state index contributed by atoms with van der Waals surface area (Å²) in [5, 5.41) is 0.0202. The van der Waals surface area contributed by atoms with Gasteiger partial charge in [-0.3, -0.25) is 9.59 Å². The Morgan fingerprint density at radius 3 is 2.52 bits per heavy atom. The van der Waals surface area contributed by atoms with Gasteiger partial charge >= 0.3 is 0 Å². The van der Waals surface area contributed by atoms with Crippen molar-refractivity contribution < 1.29 is 18.4 Å². The van der Waals surface area contributed by atoms with Crippen LogP contribution in [0.4, 0.5) is 0 Å². The third-order valence-electron chi connectivity index (χ3n) is 7.04. The minimum atomic E-state index is -2.14. The Hall–Kier alpha value is -1.20. The standard InChI is InChI=1S/C20H30O4Si/c1-12-14-8-9-15(21)20(14,5)18(24-25(6,7)19(2,3)4)13-10-11-23-17(13)16(12)22/h10-12,14,18H,8-9H2,1-7H3/t12-,14-,18-,20-/m0/s1. The predicted molar refractivity (Wildman–Crippen MR) is 99.1 cm³/mol. The summed E-state index contributed by atoms with van der Waals surface area (Å²) in [6.45, 7) is 14.9. The average Bonchev–Trinajstić information content (AvgIpc) is 3.07. The summed E-state index contributed by atoms with van der Waals surface area (Å²) in [7, 11) is -2.14. The van der Waals surface area contributed by atoms with E-state index in [4.69, 9.17) is 8.84 Å². The van der Waals surface area contributed by atoms with E-state index in [9.17, 15) is 9.59 Å². The summed E-state index contributed by atoms with van der Waals surface area (Å²) < 4.78 is 12.4. The van der Waals surface area contributed by atoms with E-state index in [1.807, 2.05) is 19.9 Å². The van der Waals surface area contributed by atoms with Crippen LogP contribution in [0.3, 0.4) is 0 Å². The quantitative estimate of drug-likeness (QED) is 0.682. The number of furan rings is 1. The maximum atomic E-state index is 13.0. The molecule has 2 aliphatic rings. The molecule has 0 aromatic carbocycles. The molecule has 0 unspecified atom stereocenters. The lowest BCUT2D eigenvalue weighted by molar-refractivity contribution is -0.133. The molecular formula is C20H30O4Si. The van der Waals surface area contributed by atoms with Gasteiger partial charge in [0.25, 0.3) is 0 Å². The van der Waals surface area contributed by atoms with E-state index in [-0.39, 0.29) is 28.4 Å². The van der Waals surface area contributed by atoms with Gasteiger partial charge in [0.15, 0.2) is 14.1 Å². The number of hydrogen-bond acceptors (Lipinski definition) is 4. The summed E-state index contributed by atoms with van der Waals surface area (Å²) in [6, 6.07) is 1.83. The van der Waals surface area contributed by atoms with Crippen molar-refractivity contribution in [1.82, 2.24) is 0 Å². The molecule has 0 spiro atoms. The average molecular weight is 363 g/mol. The molecule has 3 rings (SSSR count). The molecule has 138 valence electrons. The van der Waals surface area contributed by atoms with Crippen molar-refractivity contribution in [3.63, 3.8) is 0 Å². The number of carbonyl (C=O) groups is 2. The van der Waals surface area contributed by atoms with E-state index in [1.54, 1.807) is 6.26 Å². The smallest absolute Gasteiger partial charge is 0.201 e. The minimum absolute atomic E-state index is 0.00451. The van der Waals surface area contributed by atoms with Crippen molar-refractivity contribution in [2.75, 3.05) is 0 Å². The second kappa shape index (κ2) is 5.65. The maximum absolute atomic E-state index is 13.0. The molecule has 1 fully saturated rings. The highest BCUT2D eigenvalue weighted by Crippen LogP contribution is 2.58. The first-order valence-electron chi connectivity index (χ1n) is 9.24. The number of fused-ring (bicyclic) bond motifs is 2. The van der Waals surface area contributed by atoms with Crippen LogP contribution in [0.1, 0.15) is 69.7 Å². The van der Waals surface area contributed by atoms with Crippen LogP contribution in [0.15, 0.2) is 16.7 Å². The van der Waals surface area contributed by atoms with Crippen molar-refractivity contribution in [1.29, 1.82) is 0 Å². The Morgan fingerprint density at radius 1 is 1.28 bits per heavy atom. The number of ketones is 2. The molecule has 0 bridgehead atoms. The molecule has 0 radical (unpaired) electrons. The first-order valence-corrected chi connectivity index (χ1v) is 12.1. The summed E-state index contributed by atoms with van der Waals surface area (Å²) in [6.07, 6.45) is 2.43. The van der Waals surface area contributed by atoms with Gasteiger partial charge in [-0.2, -0.15) is 0 Å². The van der Waals surface area contributed by atoms with Gasteiger partial charge in [0, 0.05) is 17.9 Å². The molecule has 1 aromatic heterocycles. The summed E-state index contributed by atoms with van der Waals surface area (Å²) in [5.74, 6) is 0.390. The minimum Gasteiger partial charge on any atom is -0.461 e. The summed E-state index contributed by atoms with van der Waals surface area (Å²) in [5.41, 5.74) is 0.0987. The zero-order chi connectivity index (χ0) is 18.8. The lowest BCUT2D eigenvalue weighted by Crippen LogP contribution is -2.47. The van der Waals surface area contributed by atoms with Gasteiger partial charge < -0.3 is 8.84 Å². The summed E-state index contributed by atoms with van der Waals surface area (Å²) >= 11 is 0. The fraction of sp³-hybridized carbons (Fsp3) is 0.700. The number of carbonyl (C=O) groups excluding carboxylic acids is 2. The van der Waals surface area contributed by atoms with E-state index in [0.717, 1.165) is 12.0 Å². The SMILES string of the molecule is C[C@@H]1C(=O)c2occc2[C@H](O[Si](C)(C)C(C)(C)C)[C@]2(C)C(=O)CC[C@@H]12. The summed E-state index contributed by atoms with van der Waals surface area (Å²) in [4.78, 5) is 26.0. The Labute approximate surface area is 151 Å². The van der Waals surface area contributed by atoms with Crippen molar-refractivity contribution in [2.24, 2.45) is 17.3 Å². The fourth-order valence-electron chi connectivity index (χ4n) is 4.27. The number of rotatable bonds is 2. The molecule has 0 N–H and O–H groups in total. The normalized spacial score (nSPS) is 33.2. The number of hydrogen-bond donors (Lipinski definition) is 0. The van der Waals surface area contributed by atoms with Crippen LogP contribution >= 0.6 is 0 Å². The maximum Gasteiger partial charge on any atom is 0.201 e. The van der Waals surface area contributed by atoms with Gasteiger partial charge in [0.1, 0.15) is 5.78 Å². The van der Waals surface area contributed by atoms with Gasteiger partial charge in [-0.25, -0.2) is 0 Å². The van der Waals surface area contributed by atoms with E-state index in [0.29, 0.717) is 12.2 Å². The molecule has 4 atom stereocenters. The second-order valence-electron chi connectivity index (χ2n) is 9.47. The molecule has 0 saturated heterocycles. The van der Waals surface area contributed by atoms with Crippen molar-refractivity contribution in [3.05, 3.63) is 23.7 Å². The molecular weight excluding hydrogens is 332 g/mol. The van der Waals surface area contributed by atoms with Gasteiger partial charge in [0.2, 0.25) is 5.78 Å². The molecule has 5 heteroatoms. The first-order chi connectivity index (χ1) is 11.4. The van der Waals surface area contributed by atoms with Crippen LogP contribution in [0.2, 0.25) is 18.1 Å². The highest BCUT2D eigenvalue weighted by molar-refractivity contribution is 6.74. The van der Waals surface area contributed by atoms with E-state index in [2.05, 4.69) is 33.9 Å². The fourth-order valence-corrected chi connectivity index (χ4v) is 5.58. The number of Topliss-reactive ketones (excluding diaryl/α,β-unsaturated/α-hetero) is 2. The van der Waals surface area contributed by atoms with E-state index < -0.39 is 19.8 Å². The van der Waals surface area contributed by atoms with Crippen molar-refractivity contribution in [2.45, 2.75) is 71.7 Å². The van der Waals surface area contributed by atoms with Crippen LogP contribution in [0.25, 0.3) is 0 Å². The Balaban J connectivity index is 2.17. The van der Waals surface area contributed by atoms with Gasteiger partial charge in [-0.15, -0.1) is 0 Å². The van der Waals surface area contributed by atoms with Gasteiger partial charge in [-0.1, -0.05) is 27.7 Å². The van der Waals surface area contributed by atoms with Crippen molar-refractivity contribution in [3.8, 4) is 0 Å². The second-order valence-corrected chi connectivity index (χ2v) is 14.2. The van der Waals surface area contributed by atoms with Crippen LogP contribution in [-0.2, 0) is 9.22 Å². The van der Waals surface area contributed by atoms with Gasteiger partial charge in [-0.05, 0) is 43.5 Å². The highest BCUT2D eigenvalue weighted by atomic mass is 28.4. The molecule has 1 aromatic rings. The molecule has 1 heterocycles. The van der Waals surface area contributed by atoms with E-state index >= 15 is 0 Å². The lowest BCUT2D eigenvalue weighted by atomic mass is 9.69. The van der Waals surface area contributed by atoms with Crippen molar-refractivity contribution >= 4 is 19.9 Å². The predicted octanol–water partition coefficient (Wildman–Crippen LogP) is 5.16. The topological polar surface area (TPSA) is 56.5 Å². The zero-order valence-electron chi connectivity index (χ0n) is 16.4. The van der Waals surface area contributed by atoms with E-state index in [1.165, 1.54) is 0 Å². The zero-order valence-corrected chi connectivity index (χ0v) is 17.4. The Kier molecular flexibility index (Phi) is 4.20.